The number of rotatable bonds is 3. The monoisotopic (exact) mass is 221 g/mol. The minimum atomic E-state index is -1.29. The van der Waals surface area contributed by atoms with Crippen molar-refractivity contribution in [2.75, 3.05) is 0 Å². The van der Waals surface area contributed by atoms with Crippen molar-refractivity contribution < 1.29 is 9.90 Å². The van der Waals surface area contributed by atoms with E-state index in [-0.39, 0.29) is 0 Å². The summed E-state index contributed by atoms with van der Waals surface area (Å²) in [5, 5.41) is 9.17. The fourth-order valence-corrected chi connectivity index (χ4v) is 1.54. The van der Waals surface area contributed by atoms with Crippen LogP contribution >= 0.6 is 0 Å². The van der Waals surface area contributed by atoms with Crippen molar-refractivity contribution in [2.24, 2.45) is 5.73 Å². The predicted octanol–water partition coefficient (Wildman–Crippen LogP) is 2.07. The van der Waals surface area contributed by atoms with Gasteiger partial charge in [-0.2, -0.15) is 0 Å². The zero-order valence-electron chi connectivity index (χ0n) is 10.2. The molecule has 0 radical (unpaired) electrons. The standard InChI is InChI=1S/C13H19NO2/c1-9-5-7-10(8-6-9)12(2,3)13(4,14)11(15)16/h5-8H,14H2,1-4H3,(H,15,16). The molecule has 0 amide bonds. The maximum absolute atomic E-state index is 11.2. The van der Waals surface area contributed by atoms with E-state index >= 15 is 0 Å². The molecule has 0 fully saturated rings. The molecule has 0 heterocycles. The van der Waals surface area contributed by atoms with Crippen LogP contribution in [0.5, 0.6) is 0 Å². The molecule has 0 bridgehead atoms. The Balaban J connectivity index is 3.20. The van der Waals surface area contributed by atoms with Crippen molar-refractivity contribution in [2.45, 2.75) is 38.6 Å². The lowest BCUT2D eigenvalue weighted by molar-refractivity contribution is -0.145. The number of benzene rings is 1. The number of aliphatic carboxylic acids is 1. The van der Waals surface area contributed by atoms with Gasteiger partial charge in [-0.15, -0.1) is 0 Å². The summed E-state index contributed by atoms with van der Waals surface area (Å²) in [5.74, 6) is -0.988. The number of hydrogen-bond acceptors (Lipinski definition) is 2. The summed E-state index contributed by atoms with van der Waals surface area (Å²) in [6, 6.07) is 7.80. The van der Waals surface area contributed by atoms with E-state index in [9.17, 15) is 4.79 Å². The molecule has 1 unspecified atom stereocenters. The minimum absolute atomic E-state index is 0.619. The Morgan fingerprint density at radius 3 is 2.00 bits per heavy atom. The van der Waals surface area contributed by atoms with Gasteiger partial charge in [0.1, 0.15) is 5.54 Å². The van der Waals surface area contributed by atoms with Crippen LogP contribution in [0.2, 0.25) is 0 Å². The summed E-state index contributed by atoms with van der Waals surface area (Å²) in [4.78, 5) is 11.2. The first-order valence-corrected chi connectivity index (χ1v) is 5.29. The third-order valence-corrected chi connectivity index (χ3v) is 3.52. The zero-order valence-corrected chi connectivity index (χ0v) is 10.2. The Kier molecular flexibility index (Phi) is 3.10. The van der Waals surface area contributed by atoms with Gasteiger partial charge in [-0.3, -0.25) is 4.79 Å². The topological polar surface area (TPSA) is 63.3 Å². The summed E-state index contributed by atoms with van der Waals surface area (Å²) >= 11 is 0. The first kappa shape index (κ1) is 12.7. The second-order valence-corrected chi connectivity index (χ2v) is 5.00. The average Bonchev–Trinajstić information content (AvgIpc) is 2.17. The van der Waals surface area contributed by atoms with Crippen LogP contribution in [0.4, 0.5) is 0 Å². The molecule has 16 heavy (non-hydrogen) atoms. The molecule has 0 aliphatic carbocycles. The summed E-state index contributed by atoms with van der Waals surface area (Å²) in [6.45, 7) is 7.25. The Morgan fingerprint density at radius 1 is 1.19 bits per heavy atom. The SMILES string of the molecule is Cc1ccc(C(C)(C)C(C)(N)C(=O)O)cc1. The van der Waals surface area contributed by atoms with Gasteiger partial charge in [0, 0.05) is 5.41 Å². The van der Waals surface area contributed by atoms with Crippen molar-refractivity contribution in [3.05, 3.63) is 35.4 Å². The number of hydrogen-bond donors (Lipinski definition) is 2. The van der Waals surface area contributed by atoms with Crippen LogP contribution in [0.1, 0.15) is 31.9 Å². The van der Waals surface area contributed by atoms with Crippen LogP contribution in [0.25, 0.3) is 0 Å². The number of carboxylic acid groups (broad SMARTS) is 1. The van der Waals surface area contributed by atoms with Gasteiger partial charge in [0.2, 0.25) is 0 Å². The summed E-state index contributed by atoms with van der Waals surface area (Å²) in [7, 11) is 0. The van der Waals surface area contributed by atoms with Crippen molar-refractivity contribution in [1.82, 2.24) is 0 Å². The Morgan fingerprint density at radius 2 is 1.62 bits per heavy atom. The van der Waals surface area contributed by atoms with Crippen LogP contribution in [-0.2, 0) is 10.2 Å². The third-order valence-electron chi connectivity index (χ3n) is 3.52. The first-order chi connectivity index (χ1) is 7.19. The predicted molar refractivity (Wildman–Crippen MR) is 64.4 cm³/mol. The molecule has 1 atom stereocenters. The molecule has 0 saturated heterocycles. The summed E-state index contributed by atoms with van der Waals surface area (Å²) in [6.07, 6.45) is 0. The van der Waals surface area contributed by atoms with Gasteiger partial charge < -0.3 is 10.8 Å². The van der Waals surface area contributed by atoms with E-state index in [0.29, 0.717) is 0 Å². The Hall–Kier alpha value is -1.35. The second kappa shape index (κ2) is 3.91. The Labute approximate surface area is 96.3 Å². The number of carboxylic acids is 1. The van der Waals surface area contributed by atoms with E-state index in [1.54, 1.807) is 6.92 Å². The molecule has 1 aromatic rings. The molecular formula is C13H19NO2. The van der Waals surface area contributed by atoms with Crippen molar-refractivity contribution >= 4 is 5.97 Å². The highest BCUT2D eigenvalue weighted by atomic mass is 16.4. The molecule has 88 valence electrons. The van der Waals surface area contributed by atoms with E-state index in [4.69, 9.17) is 10.8 Å². The van der Waals surface area contributed by atoms with Gasteiger partial charge in [-0.05, 0) is 19.4 Å². The highest BCUT2D eigenvalue weighted by Gasteiger charge is 2.45. The van der Waals surface area contributed by atoms with Crippen LogP contribution in [0.15, 0.2) is 24.3 Å². The van der Waals surface area contributed by atoms with Gasteiger partial charge in [-0.1, -0.05) is 43.7 Å². The molecule has 3 N–H and O–H groups in total. The van der Waals surface area contributed by atoms with E-state index in [2.05, 4.69) is 0 Å². The van der Waals surface area contributed by atoms with Crippen molar-refractivity contribution in [1.29, 1.82) is 0 Å². The third kappa shape index (κ3) is 1.95. The summed E-state index contributed by atoms with van der Waals surface area (Å²) in [5.41, 5.74) is 6.08. The first-order valence-electron chi connectivity index (χ1n) is 5.29. The van der Waals surface area contributed by atoms with Gasteiger partial charge in [0.25, 0.3) is 0 Å². The lowest BCUT2D eigenvalue weighted by atomic mass is 9.69. The maximum atomic E-state index is 11.2. The average molecular weight is 221 g/mol. The molecule has 0 saturated carbocycles. The zero-order chi connectivity index (χ0) is 12.6. The van der Waals surface area contributed by atoms with Gasteiger partial charge in [0.15, 0.2) is 0 Å². The Bertz CT molecular complexity index is 391. The number of aryl methyl sites for hydroxylation is 1. The molecule has 3 heteroatoms. The molecule has 1 aromatic carbocycles. The van der Waals surface area contributed by atoms with Crippen molar-refractivity contribution in [3.8, 4) is 0 Å². The fraction of sp³-hybridized carbons (Fsp3) is 0.462. The van der Waals surface area contributed by atoms with E-state index in [1.807, 2.05) is 45.0 Å². The molecule has 0 aliphatic heterocycles. The van der Waals surface area contributed by atoms with Gasteiger partial charge in [-0.25, -0.2) is 0 Å². The molecule has 0 aliphatic rings. The fourth-order valence-electron chi connectivity index (χ4n) is 1.54. The molecule has 3 nitrogen and oxygen atoms in total. The summed E-state index contributed by atoms with van der Waals surface area (Å²) < 4.78 is 0. The van der Waals surface area contributed by atoms with E-state index in [1.165, 1.54) is 0 Å². The highest BCUT2D eigenvalue weighted by Crippen LogP contribution is 2.33. The van der Waals surface area contributed by atoms with E-state index in [0.717, 1.165) is 11.1 Å². The van der Waals surface area contributed by atoms with Crippen LogP contribution in [-0.4, -0.2) is 16.6 Å². The largest absolute Gasteiger partial charge is 0.480 e. The maximum Gasteiger partial charge on any atom is 0.324 e. The molecule has 1 rings (SSSR count). The lowest BCUT2D eigenvalue weighted by Gasteiger charge is -2.38. The number of carbonyl (C=O) groups is 1. The van der Waals surface area contributed by atoms with Gasteiger partial charge in [0.05, 0.1) is 0 Å². The lowest BCUT2D eigenvalue weighted by Crippen LogP contribution is -2.58. The smallest absolute Gasteiger partial charge is 0.324 e. The van der Waals surface area contributed by atoms with Crippen LogP contribution < -0.4 is 5.73 Å². The normalized spacial score (nSPS) is 15.6. The quantitative estimate of drug-likeness (QED) is 0.821. The molecular weight excluding hydrogens is 202 g/mol. The number of nitrogens with two attached hydrogens (primary N) is 1. The van der Waals surface area contributed by atoms with Crippen LogP contribution in [0.3, 0.4) is 0 Å². The molecule has 0 aromatic heterocycles. The highest BCUT2D eigenvalue weighted by molar-refractivity contribution is 5.80. The van der Waals surface area contributed by atoms with Crippen molar-refractivity contribution in [3.63, 3.8) is 0 Å². The second-order valence-electron chi connectivity index (χ2n) is 5.00. The van der Waals surface area contributed by atoms with Crippen LogP contribution in [0, 0.1) is 6.92 Å². The minimum Gasteiger partial charge on any atom is -0.480 e. The van der Waals surface area contributed by atoms with Gasteiger partial charge >= 0.3 is 5.97 Å². The molecule has 0 spiro atoms. The van der Waals surface area contributed by atoms with E-state index < -0.39 is 16.9 Å².